The number of imidazole rings is 2. The molecule has 31 heavy (non-hydrogen) atoms. The van der Waals surface area contributed by atoms with Crippen molar-refractivity contribution in [3.63, 3.8) is 0 Å². The summed E-state index contributed by atoms with van der Waals surface area (Å²) >= 11 is 0. The van der Waals surface area contributed by atoms with E-state index in [9.17, 15) is 14.4 Å². The molecule has 0 unspecified atom stereocenters. The lowest BCUT2D eigenvalue weighted by atomic mass is 10.3. The number of fused-ring (bicyclic) bond motifs is 2. The maximum Gasteiger partial charge on any atom is 0.330 e. The second-order valence-corrected chi connectivity index (χ2v) is 7.72. The lowest BCUT2D eigenvalue weighted by Crippen LogP contribution is -2.31. The molecule has 1 aromatic carbocycles. The van der Waals surface area contributed by atoms with E-state index in [1.165, 1.54) is 4.57 Å². The summed E-state index contributed by atoms with van der Waals surface area (Å²) in [4.78, 5) is 45.4. The molecule has 3 aromatic heterocycles. The Balaban J connectivity index is 1.93. The maximum absolute atomic E-state index is 13.2. The van der Waals surface area contributed by atoms with Crippen molar-refractivity contribution in [1.29, 1.82) is 0 Å². The zero-order valence-electron chi connectivity index (χ0n) is 18.2. The average Bonchev–Trinajstić information content (AvgIpc) is 3.25. The summed E-state index contributed by atoms with van der Waals surface area (Å²) in [6.45, 7) is 7.85. The minimum Gasteiger partial charge on any atom is -0.321 e. The maximum atomic E-state index is 13.2. The highest BCUT2D eigenvalue weighted by atomic mass is 16.2. The quantitative estimate of drug-likeness (QED) is 0.469. The molecule has 3 heterocycles. The van der Waals surface area contributed by atoms with E-state index in [1.807, 2.05) is 45.0 Å². The smallest absolute Gasteiger partial charge is 0.321 e. The molecule has 0 spiro atoms. The molecule has 0 amide bonds. The standard InChI is InChI=1S/C22H28N6O3/c1-4-7-13-27-19-18(20(29)24-21(27)30)25(6-3)17(23-19)14-28-16-11-9-8-10-15(16)26(12-5-2)22(28)31/h8-11H,4-7,12-14H2,1-3H3,(H,24,29,30). The average molecular weight is 425 g/mol. The Labute approximate surface area is 178 Å². The summed E-state index contributed by atoms with van der Waals surface area (Å²) in [6, 6.07) is 7.70. The molecular formula is C22H28N6O3. The predicted octanol–water partition coefficient (Wildman–Crippen LogP) is 2.28. The second kappa shape index (κ2) is 8.41. The van der Waals surface area contributed by atoms with Crippen molar-refractivity contribution < 1.29 is 0 Å². The molecule has 4 rings (SSSR count). The summed E-state index contributed by atoms with van der Waals surface area (Å²) in [5, 5.41) is 0. The molecule has 0 bridgehead atoms. The Hall–Kier alpha value is -3.36. The molecule has 9 heteroatoms. The fourth-order valence-electron chi connectivity index (χ4n) is 4.21. The number of nitrogens with zero attached hydrogens (tertiary/aromatic N) is 5. The van der Waals surface area contributed by atoms with Gasteiger partial charge >= 0.3 is 11.4 Å². The number of rotatable bonds is 8. The summed E-state index contributed by atoms with van der Waals surface area (Å²) < 4.78 is 6.80. The zero-order valence-corrected chi connectivity index (χ0v) is 18.2. The van der Waals surface area contributed by atoms with Crippen LogP contribution in [-0.4, -0.2) is 28.2 Å². The van der Waals surface area contributed by atoms with Crippen LogP contribution >= 0.6 is 0 Å². The van der Waals surface area contributed by atoms with Crippen molar-refractivity contribution in [2.75, 3.05) is 0 Å². The Morgan fingerprint density at radius 2 is 1.58 bits per heavy atom. The topological polar surface area (TPSA) is 99.6 Å². The Morgan fingerprint density at radius 3 is 2.23 bits per heavy atom. The number of hydrogen-bond acceptors (Lipinski definition) is 4. The van der Waals surface area contributed by atoms with Crippen molar-refractivity contribution in [3.8, 4) is 0 Å². The van der Waals surface area contributed by atoms with Crippen LogP contribution in [-0.2, 0) is 26.2 Å². The van der Waals surface area contributed by atoms with Crippen molar-refractivity contribution >= 4 is 22.2 Å². The minimum absolute atomic E-state index is 0.102. The van der Waals surface area contributed by atoms with Gasteiger partial charge in [0.05, 0.1) is 17.6 Å². The first-order valence-corrected chi connectivity index (χ1v) is 10.9. The summed E-state index contributed by atoms with van der Waals surface area (Å²) in [5.74, 6) is 0.584. The lowest BCUT2D eigenvalue weighted by molar-refractivity contribution is 0.610. The Morgan fingerprint density at radius 1 is 0.871 bits per heavy atom. The number of benzene rings is 1. The van der Waals surface area contributed by atoms with Crippen molar-refractivity contribution in [1.82, 2.24) is 28.2 Å². The fraction of sp³-hybridized carbons (Fsp3) is 0.455. The van der Waals surface area contributed by atoms with E-state index in [4.69, 9.17) is 4.98 Å². The number of aromatic amines is 1. The van der Waals surface area contributed by atoms with Gasteiger partial charge in [-0.2, -0.15) is 0 Å². The van der Waals surface area contributed by atoms with Gasteiger partial charge < -0.3 is 4.57 Å². The molecule has 0 aliphatic rings. The fourth-order valence-corrected chi connectivity index (χ4v) is 4.21. The van der Waals surface area contributed by atoms with Crippen LogP contribution in [0.15, 0.2) is 38.6 Å². The zero-order chi connectivity index (χ0) is 22.1. The van der Waals surface area contributed by atoms with Crippen LogP contribution in [0, 0.1) is 0 Å². The first-order valence-electron chi connectivity index (χ1n) is 10.9. The van der Waals surface area contributed by atoms with E-state index in [1.54, 1.807) is 13.7 Å². The molecule has 0 saturated carbocycles. The van der Waals surface area contributed by atoms with Crippen LogP contribution in [0.1, 0.15) is 45.9 Å². The van der Waals surface area contributed by atoms with Crippen LogP contribution in [0.2, 0.25) is 0 Å². The van der Waals surface area contributed by atoms with E-state index in [-0.39, 0.29) is 12.2 Å². The van der Waals surface area contributed by atoms with Gasteiger partial charge in [0.1, 0.15) is 5.82 Å². The van der Waals surface area contributed by atoms with Crippen molar-refractivity contribution in [2.24, 2.45) is 0 Å². The van der Waals surface area contributed by atoms with E-state index in [2.05, 4.69) is 4.98 Å². The Bertz CT molecular complexity index is 1420. The predicted molar refractivity (Wildman–Crippen MR) is 121 cm³/mol. The first-order chi connectivity index (χ1) is 15.0. The highest BCUT2D eigenvalue weighted by Gasteiger charge is 2.20. The van der Waals surface area contributed by atoms with E-state index < -0.39 is 11.2 Å². The van der Waals surface area contributed by atoms with Gasteiger partial charge in [-0.25, -0.2) is 14.6 Å². The highest BCUT2D eigenvalue weighted by molar-refractivity contribution is 5.76. The van der Waals surface area contributed by atoms with Gasteiger partial charge in [-0.1, -0.05) is 32.4 Å². The number of hydrogen-bond donors (Lipinski definition) is 1. The van der Waals surface area contributed by atoms with E-state index in [0.29, 0.717) is 36.6 Å². The normalized spacial score (nSPS) is 11.7. The third-order valence-corrected chi connectivity index (χ3v) is 5.69. The van der Waals surface area contributed by atoms with Crippen molar-refractivity contribution in [3.05, 3.63) is 61.4 Å². The molecule has 0 fully saturated rings. The number of H-pyrrole nitrogens is 1. The van der Waals surface area contributed by atoms with Crippen LogP contribution in [0.4, 0.5) is 0 Å². The summed E-state index contributed by atoms with van der Waals surface area (Å²) in [6.07, 6.45) is 2.57. The van der Waals surface area contributed by atoms with Gasteiger partial charge in [0, 0.05) is 19.6 Å². The van der Waals surface area contributed by atoms with Crippen LogP contribution in [0.25, 0.3) is 22.2 Å². The monoisotopic (exact) mass is 424 g/mol. The lowest BCUT2D eigenvalue weighted by Gasteiger charge is -2.07. The van der Waals surface area contributed by atoms with Gasteiger partial charge in [-0.15, -0.1) is 0 Å². The number of aromatic nitrogens is 6. The van der Waals surface area contributed by atoms with Gasteiger partial charge in [0.15, 0.2) is 11.2 Å². The van der Waals surface area contributed by atoms with Crippen molar-refractivity contribution in [2.45, 2.75) is 66.2 Å². The van der Waals surface area contributed by atoms with Gasteiger partial charge in [0.25, 0.3) is 5.56 Å². The van der Waals surface area contributed by atoms with Crippen LogP contribution in [0.5, 0.6) is 0 Å². The van der Waals surface area contributed by atoms with Crippen LogP contribution in [0.3, 0.4) is 0 Å². The molecule has 1 N–H and O–H groups in total. The molecule has 4 aromatic rings. The molecule has 0 atom stereocenters. The molecule has 0 saturated heterocycles. The third kappa shape index (κ3) is 3.43. The minimum atomic E-state index is -0.450. The van der Waals surface area contributed by atoms with E-state index in [0.717, 1.165) is 30.3 Å². The van der Waals surface area contributed by atoms with Crippen LogP contribution < -0.4 is 16.9 Å². The summed E-state index contributed by atoms with van der Waals surface area (Å²) in [5.41, 5.74) is 1.46. The first kappa shape index (κ1) is 20.9. The van der Waals surface area contributed by atoms with Gasteiger partial charge in [0.2, 0.25) is 0 Å². The number of para-hydroxylation sites is 2. The molecule has 9 nitrogen and oxygen atoms in total. The molecule has 0 aliphatic carbocycles. The van der Waals surface area contributed by atoms with Gasteiger partial charge in [-0.3, -0.25) is 23.5 Å². The molecular weight excluding hydrogens is 396 g/mol. The molecule has 0 aliphatic heterocycles. The SMILES string of the molecule is CCCCn1c(=O)[nH]c(=O)c2c1nc(Cn1c(=O)n(CCC)c3ccccc31)n2CC. The molecule has 0 radical (unpaired) electrons. The highest BCUT2D eigenvalue weighted by Crippen LogP contribution is 2.17. The van der Waals surface area contributed by atoms with Gasteiger partial charge in [-0.05, 0) is 31.9 Å². The second-order valence-electron chi connectivity index (χ2n) is 7.72. The number of nitrogens with one attached hydrogen (secondary N) is 1. The number of aryl methyl sites for hydroxylation is 3. The summed E-state index contributed by atoms with van der Waals surface area (Å²) in [7, 11) is 0. The third-order valence-electron chi connectivity index (χ3n) is 5.69. The number of unbranched alkanes of at least 4 members (excludes halogenated alkanes) is 1. The molecule has 164 valence electrons. The largest absolute Gasteiger partial charge is 0.330 e. The van der Waals surface area contributed by atoms with E-state index >= 15 is 0 Å². The Kier molecular flexibility index (Phi) is 5.67.